The van der Waals surface area contributed by atoms with Crippen LogP contribution in [-0.2, 0) is 4.84 Å². The second-order valence-corrected chi connectivity index (χ2v) is 7.07. The molecule has 0 fully saturated rings. The smallest absolute Gasteiger partial charge is 0.228 e. The summed E-state index contributed by atoms with van der Waals surface area (Å²) in [6.45, 7) is 0.484. The first-order chi connectivity index (χ1) is 11.8. The van der Waals surface area contributed by atoms with Crippen molar-refractivity contribution in [3.63, 3.8) is 0 Å². The fourth-order valence-electron chi connectivity index (χ4n) is 2.66. The average molecular weight is 404 g/mol. The zero-order valence-electron chi connectivity index (χ0n) is 12.8. The highest BCUT2D eigenvalue weighted by atomic mass is 79.9. The highest BCUT2D eigenvalue weighted by Crippen LogP contribution is 2.31. The van der Waals surface area contributed by atoms with Gasteiger partial charge in [-0.1, -0.05) is 23.4 Å². The van der Waals surface area contributed by atoms with Gasteiger partial charge in [-0.15, -0.1) is 11.3 Å². The minimum Gasteiger partial charge on any atom is -0.480 e. The molecule has 0 saturated carbocycles. The first-order valence-corrected chi connectivity index (χ1v) is 9.07. The summed E-state index contributed by atoms with van der Waals surface area (Å²) >= 11 is 5.14. The number of benzene rings is 1. The van der Waals surface area contributed by atoms with Crippen LogP contribution >= 0.6 is 27.3 Å². The van der Waals surface area contributed by atoms with Gasteiger partial charge in [-0.05, 0) is 50.5 Å². The Balaban J connectivity index is 1.65. The normalized spacial score (nSPS) is 17.1. The summed E-state index contributed by atoms with van der Waals surface area (Å²) in [6.07, 6.45) is 0. The van der Waals surface area contributed by atoms with Crippen LogP contribution in [0.4, 0.5) is 0 Å². The van der Waals surface area contributed by atoms with Crippen LogP contribution in [0.1, 0.15) is 17.3 Å². The Morgan fingerprint density at radius 2 is 2.17 bits per heavy atom. The van der Waals surface area contributed by atoms with Crippen LogP contribution in [-0.4, -0.2) is 24.5 Å². The van der Waals surface area contributed by atoms with Gasteiger partial charge in [-0.2, -0.15) is 0 Å². The van der Waals surface area contributed by atoms with E-state index in [4.69, 9.17) is 9.57 Å². The summed E-state index contributed by atoms with van der Waals surface area (Å²) in [7, 11) is 1.59. The highest BCUT2D eigenvalue weighted by molar-refractivity contribution is 9.10. The third-order valence-corrected chi connectivity index (χ3v) is 5.43. The Morgan fingerprint density at radius 1 is 1.29 bits per heavy atom. The lowest BCUT2D eigenvalue weighted by atomic mass is 10.1. The van der Waals surface area contributed by atoms with Crippen LogP contribution < -0.4 is 10.1 Å². The summed E-state index contributed by atoms with van der Waals surface area (Å²) in [6, 6.07) is 12.2. The van der Waals surface area contributed by atoms with E-state index in [1.165, 1.54) is 15.6 Å². The van der Waals surface area contributed by atoms with E-state index < -0.39 is 0 Å². The van der Waals surface area contributed by atoms with Crippen LogP contribution in [0, 0.1) is 0 Å². The zero-order valence-corrected chi connectivity index (χ0v) is 15.2. The number of aromatic nitrogens is 1. The Morgan fingerprint density at radius 3 is 3.04 bits per heavy atom. The van der Waals surface area contributed by atoms with Crippen molar-refractivity contribution in [2.45, 2.75) is 6.04 Å². The van der Waals surface area contributed by atoms with Gasteiger partial charge in [0.15, 0.2) is 5.84 Å². The van der Waals surface area contributed by atoms with E-state index in [2.05, 4.69) is 61.0 Å². The van der Waals surface area contributed by atoms with Crippen molar-refractivity contribution in [2.24, 2.45) is 5.16 Å². The van der Waals surface area contributed by atoms with Crippen molar-refractivity contribution in [3.05, 3.63) is 57.5 Å². The van der Waals surface area contributed by atoms with Crippen molar-refractivity contribution >= 4 is 43.2 Å². The monoisotopic (exact) mass is 403 g/mol. The molecule has 5 nitrogen and oxygen atoms in total. The second kappa shape index (κ2) is 6.41. The molecule has 0 saturated heterocycles. The zero-order chi connectivity index (χ0) is 16.5. The number of rotatable bonds is 3. The molecule has 0 amide bonds. The van der Waals surface area contributed by atoms with Crippen molar-refractivity contribution in [2.75, 3.05) is 13.7 Å². The minimum atomic E-state index is 0.0325. The van der Waals surface area contributed by atoms with E-state index in [1.807, 2.05) is 12.1 Å². The number of nitrogens with one attached hydrogen (secondary N) is 1. The largest absolute Gasteiger partial charge is 0.480 e. The lowest BCUT2D eigenvalue weighted by Crippen LogP contribution is -2.36. The predicted molar refractivity (Wildman–Crippen MR) is 98.7 cm³/mol. The van der Waals surface area contributed by atoms with Crippen LogP contribution in [0.25, 0.3) is 10.1 Å². The third kappa shape index (κ3) is 2.74. The fourth-order valence-corrected chi connectivity index (χ4v) is 4.06. The van der Waals surface area contributed by atoms with Gasteiger partial charge in [0, 0.05) is 4.70 Å². The first-order valence-electron chi connectivity index (χ1n) is 7.40. The number of hydrogen-bond acceptors (Lipinski definition) is 6. The summed E-state index contributed by atoms with van der Waals surface area (Å²) in [4.78, 5) is 9.92. The lowest BCUT2D eigenvalue weighted by molar-refractivity contribution is 0.110. The Bertz CT molecular complexity index is 925. The van der Waals surface area contributed by atoms with Gasteiger partial charge < -0.3 is 14.9 Å². The average Bonchev–Trinajstić information content (AvgIpc) is 3.06. The first kappa shape index (κ1) is 15.4. The topological polar surface area (TPSA) is 55.7 Å². The maximum atomic E-state index is 5.46. The van der Waals surface area contributed by atoms with E-state index in [9.17, 15) is 0 Å². The molecule has 1 aliphatic heterocycles. The number of amidine groups is 1. The third-order valence-electron chi connectivity index (χ3n) is 3.84. The number of fused-ring (bicyclic) bond motifs is 1. The molecule has 3 heterocycles. The number of hydrogen-bond donors (Lipinski definition) is 1. The number of halogens is 1. The standard InChI is InChI=1S/C17H14BrN3O2S/c1-22-17-12(18)6-7-13(20-17)16-19-14(8-23-21-16)11-9-24-15-5-3-2-4-10(11)15/h2-7,9,14H,8H2,1H3,(H,19,21). The summed E-state index contributed by atoms with van der Waals surface area (Å²) in [5.74, 6) is 1.12. The SMILES string of the molecule is COc1nc(C2=NOCC(c3csc4ccccc34)N2)ccc1Br. The molecule has 2 aromatic heterocycles. The molecule has 0 aliphatic carbocycles. The van der Waals surface area contributed by atoms with Crippen molar-refractivity contribution in [3.8, 4) is 5.88 Å². The molecule has 1 aliphatic rings. The lowest BCUT2D eigenvalue weighted by Gasteiger charge is -2.23. The van der Waals surface area contributed by atoms with E-state index in [-0.39, 0.29) is 6.04 Å². The number of ether oxygens (including phenoxy) is 1. The molecule has 1 unspecified atom stereocenters. The molecule has 0 bridgehead atoms. The number of methoxy groups -OCH3 is 1. The quantitative estimate of drug-likeness (QED) is 0.715. The van der Waals surface area contributed by atoms with Gasteiger partial charge in [-0.3, -0.25) is 0 Å². The molecular weight excluding hydrogens is 390 g/mol. The van der Waals surface area contributed by atoms with Gasteiger partial charge in [0.2, 0.25) is 5.88 Å². The molecule has 4 rings (SSSR count). The Hall–Kier alpha value is -2.12. The Labute approximate surface area is 151 Å². The van der Waals surface area contributed by atoms with Crippen LogP contribution in [0.3, 0.4) is 0 Å². The van der Waals surface area contributed by atoms with Crippen LogP contribution in [0.5, 0.6) is 5.88 Å². The molecule has 122 valence electrons. The van der Waals surface area contributed by atoms with Crippen molar-refractivity contribution < 1.29 is 9.57 Å². The van der Waals surface area contributed by atoms with Crippen molar-refractivity contribution in [1.29, 1.82) is 0 Å². The molecule has 1 aromatic carbocycles. The molecule has 3 aromatic rings. The summed E-state index contributed by atoms with van der Waals surface area (Å²) in [5.41, 5.74) is 1.89. The van der Waals surface area contributed by atoms with E-state index in [0.717, 1.165) is 4.47 Å². The van der Waals surface area contributed by atoms with Gasteiger partial charge in [0.1, 0.15) is 12.3 Å². The van der Waals surface area contributed by atoms with E-state index in [1.54, 1.807) is 18.4 Å². The molecule has 7 heteroatoms. The molecule has 0 spiro atoms. The number of nitrogens with zero attached hydrogens (tertiary/aromatic N) is 2. The maximum absolute atomic E-state index is 5.46. The molecular formula is C17H14BrN3O2S. The number of pyridine rings is 1. The molecule has 1 N–H and O–H groups in total. The van der Waals surface area contributed by atoms with Gasteiger partial charge in [0.05, 0.1) is 17.6 Å². The number of oxime groups is 1. The number of thiophene rings is 1. The maximum Gasteiger partial charge on any atom is 0.228 e. The molecule has 0 radical (unpaired) electrons. The Kier molecular flexibility index (Phi) is 4.12. The van der Waals surface area contributed by atoms with Crippen LogP contribution in [0.15, 0.2) is 51.4 Å². The van der Waals surface area contributed by atoms with Gasteiger partial charge >= 0.3 is 0 Å². The summed E-state index contributed by atoms with van der Waals surface area (Å²) < 4.78 is 7.32. The van der Waals surface area contributed by atoms with Gasteiger partial charge in [-0.25, -0.2) is 4.98 Å². The van der Waals surface area contributed by atoms with E-state index >= 15 is 0 Å². The second-order valence-electron chi connectivity index (χ2n) is 5.31. The highest BCUT2D eigenvalue weighted by Gasteiger charge is 2.23. The molecule has 24 heavy (non-hydrogen) atoms. The van der Waals surface area contributed by atoms with Crippen molar-refractivity contribution in [1.82, 2.24) is 10.3 Å². The fraction of sp³-hybridized carbons (Fsp3) is 0.176. The van der Waals surface area contributed by atoms with E-state index in [0.29, 0.717) is 24.0 Å². The van der Waals surface area contributed by atoms with Crippen LogP contribution in [0.2, 0.25) is 0 Å². The predicted octanol–water partition coefficient (Wildman–Crippen LogP) is 4.09. The summed E-state index contributed by atoms with van der Waals surface area (Å²) in [5, 5.41) is 11.0. The minimum absolute atomic E-state index is 0.0325. The van der Waals surface area contributed by atoms with Gasteiger partial charge in [0.25, 0.3) is 0 Å². The molecule has 1 atom stereocenters.